The summed E-state index contributed by atoms with van der Waals surface area (Å²) in [6.45, 7) is 3.98. The van der Waals surface area contributed by atoms with Gasteiger partial charge < -0.3 is 15.2 Å². The van der Waals surface area contributed by atoms with Crippen molar-refractivity contribution < 1.29 is 57.2 Å². The Morgan fingerprint density at radius 1 is 1.05 bits per heavy atom. The van der Waals surface area contributed by atoms with E-state index in [1.165, 1.54) is 24.3 Å². The van der Waals surface area contributed by atoms with Crippen molar-refractivity contribution in [1.29, 1.82) is 0 Å². The van der Waals surface area contributed by atoms with Crippen molar-refractivity contribution in [1.82, 2.24) is 0 Å². The van der Waals surface area contributed by atoms with Gasteiger partial charge >= 0.3 is 29.6 Å². The number of hydrogen-bond acceptors (Lipinski definition) is 7. The zero-order valence-electron chi connectivity index (χ0n) is 21.7. The quantitative estimate of drug-likeness (QED) is 0.175. The normalized spacial score (nSPS) is 11.4. The van der Waals surface area contributed by atoms with Crippen molar-refractivity contribution in [2.75, 3.05) is 11.9 Å². The monoisotopic (exact) mass is 609 g/mol. The summed E-state index contributed by atoms with van der Waals surface area (Å²) in [6, 6.07) is 15.7. The average molecular weight is 610 g/mol. The number of aryl methyl sites for hydroxylation is 1. The number of carbonyl (C=O) groups is 1. The van der Waals surface area contributed by atoms with E-state index in [2.05, 4.69) is 15.5 Å². The van der Waals surface area contributed by atoms with Gasteiger partial charge in [-0.15, -0.1) is 5.11 Å². The van der Waals surface area contributed by atoms with Crippen molar-refractivity contribution in [3.63, 3.8) is 0 Å². The molecule has 0 aromatic heterocycles. The topological polar surface area (TPSA) is 140 Å². The van der Waals surface area contributed by atoms with Gasteiger partial charge in [0.15, 0.2) is 0 Å². The SMILES string of the molecule is CCOc1cc(Cl)cc(NC(=O)c2cc3ccccc3c(N=Nc3cc(CC)cc(S(=O)(=O)O)c3Cl)c2[O-])c1.[Na+]. The number of hydrogen-bond donors (Lipinski definition) is 2. The van der Waals surface area contributed by atoms with Crippen LogP contribution in [-0.4, -0.2) is 25.5 Å². The van der Waals surface area contributed by atoms with E-state index < -0.39 is 26.7 Å². The minimum Gasteiger partial charge on any atom is -0.870 e. The van der Waals surface area contributed by atoms with E-state index in [-0.39, 0.29) is 51.5 Å². The third-order valence-corrected chi connectivity index (χ3v) is 7.29. The first kappa shape index (κ1) is 31.8. The Hall–Kier alpha value is -2.70. The number of halogens is 2. The third kappa shape index (κ3) is 7.13. The zero-order chi connectivity index (χ0) is 28.3. The van der Waals surface area contributed by atoms with E-state index in [0.29, 0.717) is 45.8 Å². The molecule has 4 aromatic rings. The molecule has 0 radical (unpaired) electrons. The molecule has 40 heavy (non-hydrogen) atoms. The Morgan fingerprint density at radius 3 is 2.45 bits per heavy atom. The summed E-state index contributed by atoms with van der Waals surface area (Å²) < 4.78 is 38.7. The Kier molecular flexibility index (Phi) is 10.6. The molecule has 4 aromatic carbocycles. The summed E-state index contributed by atoms with van der Waals surface area (Å²) >= 11 is 12.3. The molecule has 0 fully saturated rings. The van der Waals surface area contributed by atoms with Gasteiger partial charge in [-0.05, 0) is 54.6 Å². The molecule has 202 valence electrons. The van der Waals surface area contributed by atoms with Gasteiger partial charge in [0.05, 0.1) is 17.3 Å². The Morgan fingerprint density at radius 2 is 1.77 bits per heavy atom. The van der Waals surface area contributed by atoms with E-state index in [1.807, 2.05) is 6.92 Å². The maximum atomic E-state index is 13.5. The summed E-state index contributed by atoms with van der Waals surface area (Å²) in [7, 11) is -4.64. The van der Waals surface area contributed by atoms with Crippen LogP contribution in [0, 0.1) is 0 Å². The van der Waals surface area contributed by atoms with Crippen LogP contribution in [0.2, 0.25) is 10.0 Å². The maximum absolute atomic E-state index is 13.5. The second kappa shape index (κ2) is 13.3. The number of azo groups is 1. The second-order valence-electron chi connectivity index (χ2n) is 8.34. The van der Waals surface area contributed by atoms with Crippen LogP contribution >= 0.6 is 23.2 Å². The predicted octanol–water partition coefficient (Wildman–Crippen LogP) is 4.10. The Bertz CT molecular complexity index is 1730. The molecule has 0 heterocycles. The smallest absolute Gasteiger partial charge is 0.870 e. The molecule has 0 atom stereocenters. The van der Waals surface area contributed by atoms with Crippen LogP contribution < -0.4 is 44.7 Å². The predicted molar refractivity (Wildman–Crippen MR) is 149 cm³/mol. The van der Waals surface area contributed by atoms with E-state index >= 15 is 0 Å². The molecule has 9 nitrogen and oxygen atoms in total. The Balaban J connectivity index is 0.00000441. The number of amides is 1. The van der Waals surface area contributed by atoms with E-state index in [1.54, 1.807) is 43.3 Å². The van der Waals surface area contributed by atoms with Gasteiger partial charge in [-0.2, -0.15) is 13.5 Å². The molecule has 1 amide bonds. The van der Waals surface area contributed by atoms with E-state index in [4.69, 9.17) is 27.9 Å². The van der Waals surface area contributed by atoms with Crippen LogP contribution in [0.4, 0.5) is 17.1 Å². The molecule has 0 aliphatic carbocycles. The van der Waals surface area contributed by atoms with Crippen LogP contribution in [0.1, 0.15) is 29.8 Å². The Labute approximate surface area is 263 Å². The molecule has 2 N–H and O–H groups in total. The van der Waals surface area contributed by atoms with Gasteiger partial charge in [0.2, 0.25) is 0 Å². The number of nitrogens with zero attached hydrogens (tertiary/aromatic N) is 2. The van der Waals surface area contributed by atoms with E-state index in [9.17, 15) is 22.9 Å². The first-order chi connectivity index (χ1) is 18.5. The summed E-state index contributed by atoms with van der Waals surface area (Å²) in [5, 5.41) is 25.2. The third-order valence-electron chi connectivity index (χ3n) is 5.68. The fourth-order valence-electron chi connectivity index (χ4n) is 3.87. The van der Waals surface area contributed by atoms with Crippen molar-refractivity contribution >= 4 is 67.1 Å². The summed E-state index contributed by atoms with van der Waals surface area (Å²) in [5.41, 5.74) is 0.435. The summed E-state index contributed by atoms with van der Waals surface area (Å²) in [5.74, 6) is -0.961. The number of carbonyl (C=O) groups excluding carboxylic acids is 1. The molecule has 0 saturated heterocycles. The largest absolute Gasteiger partial charge is 1.00 e. The van der Waals surface area contributed by atoms with Gasteiger partial charge in [-0.25, -0.2) is 0 Å². The van der Waals surface area contributed by atoms with Gasteiger partial charge in [0, 0.05) is 27.7 Å². The fraction of sp³-hybridized carbons (Fsp3) is 0.148. The van der Waals surface area contributed by atoms with Crippen molar-refractivity contribution in [3.8, 4) is 11.5 Å². The molecule has 0 spiro atoms. The van der Waals surface area contributed by atoms with Crippen LogP contribution in [0.3, 0.4) is 0 Å². The van der Waals surface area contributed by atoms with Crippen molar-refractivity contribution in [2.24, 2.45) is 10.2 Å². The van der Waals surface area contributed by atoms with Crippen molar-refractivity contribution in [3.05, 3.63) is 81.8 Å². The number of rotatable bonds is 8. The molecular formula is C27H22Cl2N3NaO6S. The van der Waals surface area contributed by atoms with E-state index in [0.717, 1.165) is 0 Å². The molecule has 0 unspecified atom stereocenters. The minimum atomic E-state index is -4.64. The van der Waals surface area contributed by atoms with Gasteiger partial charge in [-0.3, -0.25) is 9.35 Å². The second-order valence-corrected chi connectivity index (χ2v) is 10.5. The van der Waals surface area contributed by atoms with Gasteiger partial charge in [0.25, 0.3) is 16.0 Å². The van der Waals surface area contributed by atoms with Crippen LogP contribution in [0.5, 0.6) is 11.5 Å². The molecule has 0 bridgehead atoms. The fourth-order valence-corrected chi connectivity index (χ4v) is 5.16. The zero-order valence-corrected chi connectivity index (χ0v) is 26.1. The molecule has 4 rings (SSSR count). The average Bonchev–Trinajstić information content (AvgIpc) is 2.87. The van der Waals surface area contributed by atoms with Crippen molar-refractivity contribution in [2.45, 2.75) is 25.2 Å². The number of anilines is 1. The minimum absolute atomic E-state index is 0. The summed E-state index contributed by atoms with van der Waals surface area (Å²) in [4.78, 5) is 12.7. The molecule has 0 aliphatic heterocycles. The maximum Gasteiger partial charge on any atom is 1.00 e. The molecule has 0 aliphatic rings. The number of fused-ring (bicyclic) bond motifs is 1. The van der Waals surface area contributed by atoms with Crippen LogP contribution in [0.15, 0.2) is 75.8 Å². The number of ether oxygens (including phenoxy) is 1. The van der Waals surface area contributed by atoms with Crippen LogP contribution in [-0.2, 0) is 16.5 Å². The first-order valence-electron chi connectivity index (χ1n) is 11.7. The van der Waals surface area contributed by atoms with Crippen LogP contribution in [0.25, 0.3) is 10.8 Å². The number of nitrogens with one attached hydrogen (secondary N) is 1. The number of benzene rings is 4. The molecular weight excluding hydrogens is 588 g/mol. The van der Waals surface area contributed by atoms with Gasteiger partial charge in [0.1, 0.15) is 16.3 Å². The standard InChI is InChI=1S/C27H23Cl2N3O6S.Na/c1-3-15-9-22(24(29)23(10-15)39(35,36)37)31-32-25-20-8-6-5-7-16(20)11-21(26(25)33)27(34)30-18-12-17(28)13-19(14-18)38-4-2;/h5-14,33H,3-4H2,1-2H3,(H,30,34)(H,35,36,37);/q;+1/p-1. The van der Waals surface area contributed by atoms with Gasteiger partial charge in [-0.1, -0.05) is 60.1 Å². The first-order valence-corrected chi connectivity index (χ1v) is 13.9. The summed E-state index contributed by atoms with van der Waals surface area (Å²) in [6.07, 6.45) is 0.419. The molecule has 0 saturated carbocycles. The molecule has 13 heteroatoms.